The summed E-state index contributed by atoms with van der Waals surface area (Å²) in [7, 11) is 0. The topological polar surface area (TPSA) is 47.6 Å². The van der Waals surface area contributed by atoms with Gasteiger partial charge in [-0.2, -0.15) is 0 Å². The van der Waals surface area contributed by atoms with Gasteiger partial charge >= 0.3 is 0 Å². The number of ether oxygens (including phenoxy) is 2. The first-order chi connectivity index (χ1) is 8.74. The summed E-state index contributed by atoms with van der Waals surface area (Å²) in [5.41, 5.74) is 0.685. The first-order valence-corrected chi connectivity index (χ1v) is 6.85. The molecule has 6 heteroatoms. The minimum absolute atomic E-state index is 0.143. The first kappa shape index (κ1) is 11.6. The Morgan fingerprint density at radius 2 is 2.11 bits per heavy atom. The summed E-state index contributed by atoms with van der Waals surface area (Å²) in [5, 5.41) is 4.68. The van der Waals surface area contributed by atoms with Crippen LogP contribution >= 0.6 is 27.3 Å². The van der Waals surface area contributed by atoms with Crippen LogP contribution in [0.3, 0.4) is 0 Å². The molecule has 0 unspecified atom stereocenters. The highest BCUT2D eigenvalue weighted by Crippen LogP contribution is 2.34. The number of thiophene rings is 1. The van der Waals surface area contributed by atoms with E-state index in [0.717, 1.165) is 4.47 Å². The van der Waals surface area contributed by atoms with Crippen LogP contribution in [0.2, 0.25) is 0 Å². The van der Waals surface area contributed by atoms with Crippen LogP contribution in [-0.4, -0.2) is 12.7 Å². The second-order valence-corrected chi connectivity index (χ2v) is 5.39. The number of hydrogen-bond donors (Lipinski definition) is 1. The predicted octanol–water partition coefficient (Wildman–Crippen LogP) is 3.49. The van der Waals surface area contributed by atoms with Gasteiger partial charge in [0.15, 0.2) is 11.5 Å². The molecule has 1 amide bonds. The average molecular weight is 326 g/mol. The van der Waals surface area contributed by atoms with Crippen LogP contribution in [-0.2, 0) is 0 Å². The summed E-state index contributed by atoms with van der Waals surface area (Å²) in [6.07, 6.45) is 0. The lowest BCUT2D eigenvalue weighted by molar-refractivity contribution is 0.103. The smallest absolute Gasteiger partial charge is 0.266 e. The molecule has 1 aliphatic heterocycles. The van der Waals surface area contributed by atoms with Crippen molar-refractivity contribution in [2.75, 3.05) is 12.1 Å². The van der Waals surface area contributed by atoms with Crippen molar-refractivity contribution >= 4 is 38.9 Å². The molecule has 1 aromatic heterocycles. The van der Waals surface area contributed by atoms with Gasteiger partial charge in [0.25, 0.3) is 5.91 Å². The molecule has 0 atom stereocenters. The van der Waals surface area contributed by atoms with Crippen molar-refractivity contribution in [2.24, 2.45) is 0 Å². The summed E-state index contributed by atoms with van der Waals surface area (Å²) in [4.78, 5) is 12.6. The second kappa shape index (κ2) is 4.62. The van der Waals surface area contributed by atoms with Gasteiger partial charge in [0.2, 0.25) is 6.79 Å². The van der Waals surface area contributed by atoms with Gasteiger partial charge in [0.1, 0.15) is 4.88 Å². The molecular weight excluding hydrogens is 318 g/mol. The molecule has 0 spiro atoms. The van der Waals surface area contributed by atoms with Crippen molar-refractivity contribution in [1.29, 1.82) is 0 Å². The van der Waals surface area contributed by atoms with Gasteiger partial charge in [-0.05, 0) is 39.5 Å². The zero-order valence-corrected chi connectivity index (χ0v) is 11.5. The zero-order chi connectivity index (χ0) is 12.5. The lowest BCUT2D eigenvalue weighted by atomic mass is 10.2. The summed E-state index contributed by atoms with van der Waals surface area (Å²) < 4.78 is 11.3. The number of anilines is 1. The maximum Gasteiger partial charge on any atom is 0.266 e. The molecule has 1 N–H and O–H groups in total. The van der Waals surface area contributed by atoms with Crippen molar-refractivity contribution in [1.82, 2.24) is 0 Å². The number of carbonyl (C=O) groups excluding carboxylic acids is 1. The van der Waals surface area contributed by atoms with E-state index in [9.17, 15) is 4.79 Å². The Morgan fingerprint density at radius 1 is 1.28 bits per heavy atom. The molecular formula is C12H8BrNO3S. The van der Waals surface area contributed by atoms with Crippen molar-refractivity contribution in [3.05, 3.63) is 39.0 Å². The van der Waals surface area contributed by atoms with E-state index in [1.165, 1.54) is 11.3 Å². The molecule has 0 saturated heterocycles. The van der Waals surface area contributed by atoms with Gasteiger partial charge in [-0.3, -0.25) is 4.79 Å². The molecule has 0 bridgehead atoms. The summed E-state index contributed by atoms with van der Waals surface area (Å²) in [6, 6.07) is 7.16. The Bertz CT molecular complexity index is 611. The Morgan fingerprint density at radius 3 is 2.89 bits per heavy atom. The van der Waals surface area contributed by atoms with Gasteiger partial charge in [-0.25, -0.2) is 0 Å². The Labute approximate surface area is 116 Å². The lowest BCUT2D eigenvalue weighted by Crippen LogP contribution is -2.10. The Hall–Kier alpha value is -1.53. The van der Waals surface area contributed by atoms with Crippen molar-refractivity contribution in [3.63, 3.8) is 0 Å². The monoisotopic (exact) mass is 325 g/mol. The molecule has 1 aliphatic rings. The van der Waals surface area contributed by atoms with Crippen LogP contribution in [0.4, 0.5) is 5.69 Å². The van der Waals surface area contributed by atoms with E-state index in [2.05, 4.69) is 21.2 Å². The van der Waals surface area contributed by atoms with Crippen LogP contribution in [0.25, 0.3) is 0 Å². The SMILES string of the molecule is O=C(Nc1ccc2c(c1)OCO2)c1sccc1Br. The van der Waals surface area contributed by atoms with E-state index in [0.29, 0.717) is 22.1 Å². The summed E-state index contributed by atoms with van der Waals surface area (Å²) >= 11 is 4.72. The van der Waals surface area contributed by atoms with E-state index >= 15 is 0 Å². The molecule has 2 aromatic rings. The normalized spacial score (nSPS) is 12.5. The molecule has 1 aromatic carbocycles. The van der Waals surface area contributed by atoms with Crippen LogP contribution in [0, 0.1) is 0 Å². The van der Waals surface area contributed by atoms with Crippen LogP contribution in [0.1, 0.15) is 9.67 Å². The highest BCUT2D eigenvalue weighted by molar-refractivity contribution is 9.10. The van der Waals surface area contributed by atoms with Crippen molar-refractivity contribution in [3.8, 4) is 11.5 Å². The third-order valence-electron chi connectivity index (χ3n) is 2.45. The fourth-order valence-electron chi connectivity index (χ4n) is 1.62. The van der Waals surface area contributed by atoms with E-state index in [-0.39, 0.29) is 12.7 Å². The van der Waals surface area contributed by atoms with Gasteiger partial charge in [0.05, 0.1) is 0 Å². The number of benzene rings is 1. The Kier molecular flexibility index (Phi) is 2.97. The molecule has 2 heterocycles. The number of hydrogen-bond acceptors (Lipinski definition) is 4. The summed E-state index contributed by atoms with van der Waals surface area (Å²) in [5.74, 6) is 1.21. The number of nitrogens with one attached hydrogen (secondary N) is 1. The second-order valence-electron chi connectivity index (χ2n) is 3.62. The quantitative estimate of drug-likeness (QED) is 0.919. The third-order valence-corrected chi connectivity index (χ3v) is 4.29. The van der Waals surface area contributed by atoms with E-state index in [1.807, 2.05) is 11.4 Å². The minimum atomic E-state index is -0.143. The number of rotatable bonds is 2. The largest absolute Gasteiger partial charge is 0.454 e. The standard InChI is InChI=1S/C12H8BrNO3S/c13-8-3-4-18-11(8)12(15)14-7-1-2-9-10(5-7)17-6-16-9/h1-5H,6H2,(H,14,15). The van der Waals surface area contributed by atoms with Gasteiger partial charge in [0, 0.05) is 16.2 Å². The molecule has 0 saturated carbocycles. The number of amides is 1. The fourth-order valence-corrected chi connectivity index (χ4v) is 3.06. The molecule has 0 aliphatic carbocycles. The molecule has 3 rings (SSSR count). The Balaban J connectivity index is 1.81. The van der Waals surface area contributed by atoms with Gasteiger partial charge in [-0.1, -0.05) is 0 Å². The maximum atomic E-state index is 12.0. The molecule has 0 radical (unpaired) electrons. The number of fused-ring (bicyclic) bond motifs is 1. The molecule has 18 heavy (non-hydrogen) atoms. The van der Waals surface area contributed by atoms with Crippen molar-refractivity contribution in [2.45, 2.75) is 0 Å². The van der Waals surface area contributed by atoms with Crippen LogP contribution < -0.4 is 14.8 Å². The zero-order valence-electron chi connectivity index (χ0n) is 9.10. The summed E-state index contributed by atoms with van der Waals surface area (Å²) in [6.45, 7) is 0.225. The number of halogens is 1. The van der Waals surface area contributed by atoms with E-state index < -0.39 is 0 Å². The molecule has 4 nitrogen and oxygen atoms in total. The van der Waals surface area contributed by atoms with Gasteiger partial charge < -0.3 is 14.8 Å². The lowest BCUT2D eigenvalue weighted by Gasteiger charge is -2.05. The van der Waals surface area contributed by atoms with Crippen LogP contribution in [0.15, 0.2) is 34.1 Å². The first-order valence-electron chi connectivity index (χ1n) is 5.18. The minimum Gasteiger partial charge on any atom is -0.454 e. The number of carbonyl (C=O) groups is 1. The predicted molar refractivity (Wildman–Crippen MR) is 72.5 cm³/mol. The van der Waals surface area contributed by atoms with E-state index in [4.69, 9.17) is 9.47 Å². The third kappa shape index (κ3) is 2.09. The highest BCUT2D eigenvalue weighted by atomic mass is 79.9. The average Bonchev–Trinajstić information content (AvgIpc) is 2.96. The van der Waals surface area contributed by atoms with Crippen LogP contribution in [0.5, 0.6) is 11.5 Å². The van der Waals surface area contributed by atoms with E-state index in [1.54, 1.807) is 18.2 Å². The van der Waals surface area contributed by atoms with Crippen molar-refractivity contribution < 1.29 is 14.3 Å². The highest BCUT2D eigenvalue weighted by Gasteiger charge is 2.16. The van der Waals surface area contributed by atoms with Gasteiger partial charge in [-0.15, -0.1) is 11.3 Å². The molecule has 92 valence electrons. The fraction of sp³-hybridized carbons (Fsp3) is 0.0833. The molecule has 0 fully saturated rings. The maximum absolute atomic E-state index is 12.0.